The van der Waals surface area contributed by atoms with Gasteiger partial charge in [0.25, 0.3) is 0 Å². The summed E-state index contributed by atoms with van der Waals surface area (Å²) in [7, 11) is 3.14. The largest absolute Gasteiger partial charge is 0.493 e. The number of benzene rings is 1. The monoisotopic (exact) mass is 423 g/mol. The van der Waals surface area contributed by atoms with Gasteiger partial charge in [0, 0.05) is 24.0 Å². The van der Waals surface area contributed by atoms with Crippen molar-refractivity contribution < 1.29 is 19.0 Å². The zero-order valence-corrected chi connectivity index (χ0v) is 18.0. The Balaban J connectivity index is 1.76. The number of nitrogens with zero attached hydrogens (tertiary/aromatic N) is 4. The zero-order valence-electron chi connectivity index (χ0n) is 18.0. The lowest BCUT2D eigenvalue weighted by molar-refractivity contribution is -0.116. The van der Waals surface area contributed by atoms with Crippen LogP contribution in [-0.2, 0) is 4.79 Å². The third-order valence-electron chi connectivity index (χ3n) is 5.21. The lowest BCUT2D eigenvalue weighted by Gasteiger charge is -2.25. The molecular formula is C22H25N5O4. The van der Waals surface area contributed by atoms with Crippen LogP contribution in [0.3, 0.4) is 0 Å². The quantitative estimate of drug-likeness (QED) is 0.622. The summed E-state index contributed by atoms with van der Waals surface area (Å²) in [5.41, 5.74) is 2.71. The second kappa shape index (κ2) is 8.63. The molecule has 9 nitrogen and oxygen atoms in total. The summed E-state index contributed by atoms with van der Waals surface area (Å²) >= 11 is 0. The molecule has 1 amide bonds. The highest BCUT2D eigenvalue weighted by Crippen LogP contribution is 2.42. The van der Waals surface area contributed by atoms with Crippen molar-refractivity contribution in [2.24, 2.45) is 0 Å². The summed E-state index contributed by atoms with van der Waals surface area (Å²) in [5, 5.41) is 15.8. The van der Waals surface area contributed by atoms with Crippen LogP contribution in [0.15, 0.2) is 30.3 Å². The van der Waals surface area contributed by atoms with Crippen LogP contribution < -0.4 is 19.5 Å². The Morgan fingerprint density at radius 3 is 2.65 bits per heavy atom. The number of fused-ring (bicyclic) bond motifs is 1. The van der Waals surface area contributed by atoms with E-state index in [4.69, 9.17) is 14.2 Å². The zero-order chi connectivity index (χ0) is 22.0. The average Bonchev–Trinajstić information content (AvgIpc) is 3.13. The van der Waals surface area contributed by atoms with Gasteiger partial charge in [-0.05, 0) is 37.1 Å². The summed E-state index contributed by atoms with van der Waals surface area (Å²) in [6.45, 7) is 4.59. The Morgan fingerprint density at radius 1 is 1.13 bits per heavy atom. The number of rotatable bonds is 7. The number of nitrogens with one attached hydrogen (secondary N) is 1. The van der Waals surface area contributed by atoms with Gasteiger partial charge < -0.3 is 19.5 Å². The molecule has 31 heavy (non-hydrogen) atoms. The number of amides is 1. The van der Waals surface area contributed by atoms with Crippen LogP contribution in [0.5, 0.6) is 17.4 Å². The van der Waals surface area contributed by atoms with Gasteiger partial charge in [0.05, 0.1) is 26.5 Å². The Labute approximate surface area is 180 Å². The summed E-state index contributed by atoms with van der Waals surface area (Å²) in [4.78, 5) is 12.6. The molecule has 1 N–H and O–H groups in total. The van der Waals surface area contributed by atoms with Gasteiger partial charge in [0.15, 0.2) is 17.3 Å². The minimum Gasteiger partial charge on any atom is -0.493 e. The molecule has 1 aliphatic rings. The number of hydrogen-bond acceptors (Lipinski definition) is 7. The van der Waals surface area contributed by atoms with E-state index in [2.05, 4.69) is 27.5 Å². The number of ether oxygens (including phenoxy) is 3. The van der Waals surface area contributed by atoms with Crippen LogP contribution in [0.1, 0.15) is 42.5 Å². The molecule has 162 valence electrons. The van der Waals surface area contributed by atoms with Gasteiger partial charge in [-0.1, -0.05) is 13.0 Å². The molecular weight excluding hydrogens is 398 g/mol. The average molecular weight is 423 g/mol. The van der Waals surface area contributed by atoms with Crippen LogP contribution in [0.25, 0.3) is 5.82 Å². The Bertz CT molecular complexity index is 1090. The molecule has 4 rings (SSSR count). The minimum atomic E-state index is -0.169. The normalized spacial score (nSPS) is 15.2. The molecule has 0 bridgehead atoms. The Hall–Kier alpha value is -3.62. The van der Waals surface area contributed by atoms with Gasteiger partial charge in [-0.25, -0.2) is 0 Å². The lowest BCUT2D eigenvalue weighted by atomic mass is 9.85. The maximum atomic E-state index is 12.6. The van der Waals surface area contributed by atoms with Crippen molar-refractivity contribution in [2.75, 3.05) is 26.1 Å². The van der Waals surface area contributed by atoms with Gasteiger partial charge in [-0.15, -0.1) is 10.2 Å². The first kappa shape index (κ1) is 20.6. The standard InChI is InChI=1S/C22H25N5O4/c1-5-10-31-16-7-6-14(11-17(16)29-3)15-12-19(28)23-22-21(15)13(2)26-27(22)18-8-9-20(30-4)25-24-18/h6-9,11,15H,5,10,12H2,1-4H3,(H,23,28)/t15-/m1/s1. The topological polar surface area (TPSA) is 100 Å². The smallest absolute Gasteiger partial charge is 0.233 e. The number of hydrogen-bond donors (Lipinski definition) is 1. The van der Waals surface area contributed by atoms with Crippen molar-refractivity contribution >= 4 is 11.7 Å². The van der Waals surface area contributed by atoms with Gasteiger partial charge in [-0.2, -0.15) is 9.78 Å². The molecule has 1 aliphatic heterocycles. The molecule has 0 fully saturated rings. The number of methoxy groups -OCH3 is 2. The van der Waals surface area contributed by atoms with E-state index in [0.717, 1.165) is 23.2 Å². The summed E-state index contributed by atoms with van der Waals surface area (Å²) < 4.78 is 18.0. The van der Waals surface area contributed by atoms with E-state index in [1.165, 1.54) is 7.11 Å². The second-order valence-corrected chi connectivity index (χ2v) is 7.26. The van der Waals surface area contributed by atoms with E-state index in [0.29, 0.717) is 42.0 Å². The van der Waals surface area contributed by atoms with Crippen LogP contribution in [0, 0.1) is 6.92 Å². The first-order chi connectivity index (χ1) is 15.0. The first-order valence-electron chi connectivity index (χ1n) is 10.1. The Kier molecular flexibility index (Phi) is 5.75. The maximum absolute atomic E-state index is 12.6. The van der Waals surface area contributed by atoms with Crippen LogP contribution in [-0.4, -0.2) is 46.7 Å². The van der Waals surface area contributed by atoms with E-state index in [1.807, 2.05) is 25.1 Å². The van der Waals surface area contributed by atoms with Gasteiger partial charge in [0.2, 0.25) is 11.8 Å². The molecule has 1 atom stereocenters. The van der Waals surface area contributed by atoms with E-state index in [1.54, 1.807) is 23.9 Å². The first-order valence-corrected chi connectivity index (χ1v) is 10.1. The number of carbonyl (C=O) groups is 1. The summed E-state index contributed by atoms with van der Waals surface area (Å²) in [6, 6.07) is 9.25. The van der Waals surface area contributed by atoms with E-state index >= 15 is 0 Å². The van der Waals surface area contributed by atoms with Crippen LogP contribution >= 0.6 is 0 Å². The molecule has 1 aromatic carbocycles. The second-order valence-electron chi connectivity index (χ2n) is 7.26. The fourth-order valence-corrected chi connectivity index (χ4v) is 3.76. The molecule has 2 aromatic heterocycles. The minimum absolute atomic E-state index is 0.0922. The number of carbonyl (C=O) groups excluding carboxylic acids is 1. The highest BCUT2D eigenvalue weighted by atomic mass is 16.5. The van der Waals surface area contributed by atoms with Gasteiger partial charge in [0.1, 0.15) is 5.82 Å². The van der Waals surface area contributed by atoms with Crippen LogP contribution in [0.2, 0.25) is 0 Å². The SMILES string of the molecule is CCCOc1ccc([C@H]2CC(=O)Nc3c2c(C)nn3-c2ccc(OC)nn2)cc1OC. The molecule has 3 heterocycles. The molecule has 0 spiro atoms. The van der Waals surface area contributed by atoms with E-state index < -0.39 is 0 Å². The van der Waals surface area contributed by atoms with Crippen molar-refractivity contribution in [1.82, 2.24) is 20.0 Å². The molecule has 0 radical (unpaired) electrons. The van der Waals surface area contributed by atoms with Crippen LogP contribution in [0.4, 0.5) is 5.82 Å². The van der Waals surface area contributed by atoms with Gasteiger partial charge >= 0.3 is 0 Å². The van der Waals surface area contributed by atoms with Crippen molar-refractivity contribution in [3.8, 4) is 23.2 Å². The summed E-state index contributed by atoms with van der Waals surface area (Å²) in [5.74, 6) is 2.57. The maximum Gasteiger partial charge on any atom is 0.233 e. The van der Waals surface area contributed by atoms with Crippen molar-refractivity contribution in [2.45, 2.75) is 32.6 Å². The molecule has 3 aromatic rings. The number of anilines is 1. The van der Waals surface area contributed by atoms with Gasteiger partial charge in [-0.3, -0.25) is 4.79 Å². The molecule has 0 aliphatic carbocycles. The third kappa shape index (κ3) is 3.90. The van der Waals surface area contributed by atoms with Crippen molar-refractivity contribution in [3.63, 3.8) is 0 Å². The highest BCUT2D eigenvalue weighted by Gasteiger charge is 2.33. The Morgan fingerprint density at radius 2 is 1.97 bits per heavy atom. The predicted molar refractivity (Wildman–Crippen MR) is 114 cm³/mol. The fourth-order valence-electron chi connectivity index (χ4n) is 3.76. The number of aromatic nitrogens is 4. The molecule has 0 saturated carbocycles. The van der Waals surface area contributed by atoms with E-state index in [9.17, 15) is 4.79 Å². The fraction of sp³-hybridized carbons (Fsp3) is 0.364. The molecule has 9 heteroatoms. The van der Waals surface area contributed by atoms with Crippen molar-refractivity contribution in [1.29, 1.82) is 0 Å². The number of aryl methyl sites for hydroxylation is 1. The highest BCUT2D eigenvalue weighted by molar-refractivity contribution is 5.95. The van der Waals surface area contributed by atoms with Crippen molar-refractivity contribution in [3.05, 3.63) is 47.2 Å². The van der Waals surface area contributed by atoms with E-state index in [-0.39, 0.29) is 11.8 Å². The molecule has 0 unspecified atom stereocenters. The lowest BCUT2D eigenvalue weighted by Crippen LogP contribution is -2.25. The predicted octanol–water partition coefficient (Wildman–Crippen LogP) is 3.25. The summed E-state index contributed by atoms with van der Waals surface area (Å²) in [6.07, 6.45) is 1.22. The third-order valence-corrected chi connectivity index (χ3v) is 5.21. The molecule has 0 saturated heterocycles.